The highest BCUT2D eigenvalue weighted by molar-refractivity contribution is 8.00. The maximum Gasteiger partial charge on any atom is 0.318 e. The average Bonchev–Trinajstić information content (AvgIpc) is 3.05. The fourth-order valence-electron chi connectivity index (χ4n) is 2.31. The fraction of sp³-hybridized carbons (Fsp3) is 0.167. The van der Waals surface area contributed by atoms with E-state index < -0.39 is 5.25 Å². The van der Waals surface area contributed by atoms with E-state index in [0.717, 1.165) is 11.3 Å². The van der Waals surface area contributed by atoms with Gasteiger partial charge in [-0.2, -0.15) is 0 Å². The van der Waals surface area contributed by atoms with Crippen LogP contribution in [0.5, 0.6) is 0 Å². The molecule has 0 amide bonds. The van der Waals surface area contributed by atoms with Crippen LogP contribution in [0.2, 0.25) is 5.02 Å². The van der Waals surface area contributed by atoms with Gasteiger partial charge in [0.2, 0.25) is 0 Å². The lowest BCUT2D eigenvalue weighted by atomic mass is 10.2. The fourth-order valence-corrected chi connectivity index (χ4v) is 3.33. The topological polar surface area (TPSA) is 57.0 Å². The normalized spacial score (nSPS) is 12.0. The van der Waals surface area contributed by atoms with E-state index in [1.165, 1.54) is 18.9 Å². The van der Waals surface area contributed by atoms with Gasteiger partial charge in [0.25, 0.3) is 0 Å². The lowest BCUT2D eigenvalue weighted by Gasteiger charge is -2.12. The number of nitrogens with zero attached hydrogens (tertiary/aromatic N) is 3. The molecule has 1 heterocycles. The molecule has 0 aliphatic carbocycles. The highest BCUT2D eigenvalue weighted by atomic mass is 35.5. The van der Waals surface area contributed by atoms with Gasteiger partial charge in [-0.15, -0.1) is 10.2 Å². The molecule has 0 spiro atoms. The molecule has 0 bridgehead atoms. The number of ether oxygens (including phenoxy) is 1. The van der Waals surface area contributed by atoms with Crippen molar-refractivity contribution in [1.29, 1.82) is 0 Å². The van der Waals surface area contributed by atoms with Crippen molar-refractivity contribution in [1.82, 2.24) is 14.8 Å². The number of thioether (sulfide) groups is 1. The van der Waals surface area contributed by atoms with Gasteiger partial charge in [0.05, 0.1) is 7.11 Å². The standard InChI is InChI=1S/C18H16ClN3O2S/c1-12(17(23)24-2)25-18-21-20-16(13-8-10-14(19)11-9-13)22(18)15-6-4-3-5-7-15/h3-12H,1-2H3. The van der Waals surface area contributed by atoms with Crippen LogP contribution in [0.25, 0.3) is 17.1 Å². The minimum atomic E-state index is -0.394. The Kier molecular flexibility index (Phi) is 5.40. The van der Waals surface area contributed by atoms with E-state index in [4.69, 9.17) is 16.3 Å². The maximum absolute atomic E-state index is 11.8. The number of hydrogen-bond acceptors (Lipinski definition) is 5. The predicted molar refractivity (Wildman–Crippen MR) is 99.1 cm³/mol. The molecule has 7 heteroatoms. The summed E-state index contributed by atoms with van der Waals surface area (Å²) in [6.07, 6.45) is 0. The first kappa shape index (κ1) is 17.5. The van der Waals surface area contributed by atoms with Gasteiger partial charge in [-0.1, -0.05) is 41.6 Å². The first-order chi connectivity index (χ1) is 12.1. The highest BCUT2D eigenvalue weighted by Gasteiger charge is 2.22. The second-order valence-corrected chi connectivity index (χ2v) is 7.01. The molecule has 128 valence electrons. The SMILES string of the molecule is COC(=O)C(C)Sc1nnc(-c2ccc(Cl)cc2)n1-c1ccccc1. The van der Waals surface area contributed by atoms with Crippen molar-refractivity contribution < 1.29 is 9.53 Å². The van der Waals surface area contributed by atoms with E-state index in [1.807, 2.05) is 59.2 Å². The van der Waals surface area contributed by atoms with Crippen LogP contribution in [0.3, 0.4) is 0 Å². The molecular formula is C18H16ClN3O2S. The number of halogens is 1. The molecule has 0 radical (unpaired) electrons. The van der Waals surface area contributed by atoms with Gasteiger partial charge in [0.15, 0.2) is 11.0 Å². The minimum Gasteiger partial charge on any atom is -0.468 e. The van der Waals surface area contributed by atoms with Crippen LogP contribution >= 0.6 is 23.4 Å². The smallest absolute Gasteiger partial charge is 0.318 e. The van der Waals surface area contributed by atoms with Crippen LogP contribution in [-0.4, -0.2) is 33.1 Å². The molecule has 2 aromatic carbocycles. The Morgan fingerprint density at radius 2 is 1.80 bits per heavy atom. The summed E-state index contributed by atoms with van der Waals surface area (Å²) in [6, 6.07) is 17.2. The van der Waals surface area contributed by atoms with Crippen LogP contribution in [-0.2, 0) is 9.53 Å². The van der Waals surface area contributed by atoms with E-state index in [-0.39, 0.29) is 5.97 Å². The van der Waals surface area contributed by atoms with Gasteiger partial charge in [-0.05, 0) is 43.3 Å². The zero-order valence-corrected chi connectivity index (χ0v) is 15.3. The Bertz CT molecular complexity index is 866. The summed E-state index contributed by atoms with van der Waals surface area (Å²) in [5, 5.41) is 9.49. The van der Waals surface area contributed by atoms with Crippen molar-refractivity contribution in [2.45, 2.75) is 17.3 Å². The summed E-state index contributed by atoms with van der Waals surface area (Å²) in [4.78, 5) is 11.8. The van der Waals surface area contributed by atoms with Crippen LogP contribution < -0.4 is 0 Å². The number of carbonyl (C=O) groups excluding carboxylic acids is 1. The summed E-state index contributed by atoms with van der Waals surface area (Å²) >= 11 is 7.29. The molecule has 1 unspecified atom stereocenters. The van der Waals surface area contributed by atoms with Crippen molar-refractivity contribution in [2.75, 3.05) is 7.11 Å². The van der Waals surface area contributed by atoms with Gasteiger partial charge in [0.1, 0.15) is 5.25 Å². The third-order valence-corrected chi connectivity index (χ3v) is 4.84. The summed E-state index contributed by atoms with van der Waals surface area (Å²) in [5.74, 6) is 0.378. The Labute approximate surface area is 155 Å². The molecule has 3 rings (SSSR count). The molecule has 0 aliphatic rings. The molecule has 0 aliphatic heterocycles. The highest BCUT2D eigenvalue weighted by Crippen LogP contribution is 2.30. The van der Waals surface area contributed by atoms with Crippen LogP contribution in [0.1, 0.15) is 6.92 Å². The van der Waals surface area contributed by atoms with Crippen molar-refractivity contribution in [2.24, 2.45) is 0 Å². The average molecular weight is 374 g/mol. The molecule has 3 aromatic rings. The molecule has 0 saturated heterocycles. The van der Waals surface area contributed by atoms with Crippen molar-refractivity contribution in [3.05, 3.63) is 59.6 Å². The number of rotatable bonds is 5. The number of carbonyl (C=O) groups is 1. The van der Waals surface area contributed by atoms with E-state index in [0.29, 0.717) is 16.0 Å². The van der Waals surface area contributed by atoms with Crippen LogP contribution in [0, 0.1) is 0 Å². The molecule has 25 heavy (non-hydrogen) atoms. The third-order valence-electron chi connectivity index (χ3n) is 3.57. The largest absolute Gasteiger partial charge is 0.468 e. The van der Waals surface area contributed by atoms with E-state index in [1.54, 1.807) is 6.92 Å². The number of hydrogen-bond donors (Lipinski definition) is 0. The summed E-state index contributed by atoms with van der Waals surface area (Å²) < 4.78 is 6.73. The van der Waals surface area contributed by atoms with Gasteiger partial charge in [0, 0.05) is 16.3 Å². The number of esters is 1. The van der Waals surface area contributed by atoms with Gasteiger partial charge in [-0.3, -0.25) is 9.36 Å². The first-order valence-electron chi connectivity index (χ1n) is 7.61. The predicted octanol–water partition coefficient (Wildman–Crippen LogP) is 4.24. The van der Waals surface area contributed by atoms with Crippen LogP contribution in [0.4, 0.5) is 0 Å². The van der Waals surface area contributed by atoms with Crippen molar-refractivity contribution in [3.8, 4) is 17.1 Å². The molecule has 1 aromatic heterocycles. The second-order valence-electron chi connectivity index (χ2n) is 5.27. The molecular weight excluding hydrogens is 358 g/mol. The van der Waals surface area contributed by atoms with Gasteiger partial charge in [-0.25, -0.2) is 0 Å². The minimum absolute atomic E-state index is 0.305. The quantitative estimate of drug-likeness (QED) is 0.494. The maximum atomic E-state index is 11.8. The lowest BCUT2D eigenvalue weighted by molar-refractivity contribution is -0.139. The summed E-state index contributed by atoms with van der Waals surface area (Å²) in [5.41, 5.74) is 1.80. The molecule has 0 saturated carbocycles. The molecule has 1 atom stereocenters. The summed E-state index contributed by atoms with van der Waals surface area (Å²) in [7, 11) is 1.38. The molecule has 0 N–H and O–H groups in total. The van der Waals surface area contributed by atoms with Gasteiger partial charge < -0.3 is 4.74 Å². The zero-order valence-electron chi connectivity index (χ0n) is 13.7. The van der Waals surface area contributed by atoms with E-state index in [2.05, 4.69) is 10.2 Å². The number of benzene rings is 2. The Morgan fingerprint density at radius 1 is 1.12 bits per heavy atom. The van der Waals surface area contributed by atoms with E-state index >= 15 is 0 Å². The van der Waals surface area contributed by atoms with Crippen LogP contribution in [0.15, 0.2) is 59.8 Å². The molecule has 0 fully saturated rings. The third kappa shape index (κ3) is 3.86. The van der Waals surface area contributed by atoms with Gasteiger partial charge >= 0.3 is 5.97 Å². The van der Waals surface area contributed by atoms with E-state index in [9.17, 15) is 4.79 Å². The Balaban J connectivity index is 2.07. The number of para-hydroxylation sites is 1. The Hall–Kier alpha value is -2.31. The second kappa shape index (κ2) is 7.72. The van der Waals surface area contributed by atoms with Crippen molar-refractivity contribution >= 4 is 29.3 Å². The lowest BCUT2D eigenvalue weighted by Crippen LogP contribution is -2.15. The first-order valence-corrected chi connectivity index (χ1v) is 8.87. The number of methoxy groups -OCH3 is 1. The van der Waals surface area contributed by atoms with Crippen molar-refractivity contribution in [3.63, 3.8) is 0 Å². The zero-order chi connectivity index (χ0) is 17.8. The Morgan fingerprint density at radius 3 is 2.44 bits per heavy atom. The molecule has 5 nitrogen and oxygen atoms in total. The monoisotopic (exact) mass is 373 g/mol. The number of aromatic nitrogens is 3. The summed E-state index contributed by atoms with van der Waals surface area (Å²) in [6.45, 7) is 1.78.